The van der Waals surface area contributed by atoms with E-state index in [0.717, 1.165) is 27.7 Å². The molecule has 0 saturated carbocycles. The second kappa shape index (κ2) is 11.2. The molecule has 1 atom stereocenters. The molecule has 3 heterocycles. The Labute approximate surface area is 245 Å². The van der Waals surface area contributed by atoms with Gasteiger partial charge in [0.25, 0.3) is 5.56 Å². The fourth-order valence-electron chi connectivity index (χ4n) is 5.41. The number of hydrogen-bond acceptors (Lipinski definition) is 7. The molecule has 2 aromatic heterocycles. The number of nitrogens with one attached hydrogen (secondary N) is 1. The molecule has 6 rings (SSSR count). The van der Waals surface area contributed by atoms with Crippen LogP contribution in [-0.4, -0.2) is 36.3 Å². The number of fused-ring (bicyclic) bond motifs is 2. The molecule has 1 aliphatic heterocycles. The van der Waals surface area contributed by atoms with E-state index in [9.17, 15) is 9.59 Å². The number of aromatic nitrogens is 2. The normalized spacial score (nSPS) is 15.0. The van der Waals surface area contributed by atoms with Crippen molar-refractivity contribution in [3.05, 3.63) is 115 Å². The second-order valence-electron chi connectivity index (χ2n) is 9.74. The Morgan fingerprint density at radius 2 is 1.81 bits per heavy atom. The summed E-state index contributed by atoms with van der Waals surface area (Å²) in [5.74, 6) is 0.543. The zero-order valence-electron chi connectivity index (χ0n) is 23.6. The predicted molar refractivity (Wildman–Crippen MR) is 164 cm³/mol. The number of benzene rings is 3. The Balaban J connectivity index is 1.62. The molecule has 8 nitrogen and oxygen atoms in total. The molecule has 1 N–H and O–H groups in total. The van der Waals surface area contributed by atoms with Crippen LogP contribution in [0.3, 0.4) is 0 Å². The zero-order valence-corrected chi connectivity index (χ0v) is 24.5. The van der Waals surface area contributed by atoms with Gasteiger partial charge in [-0.2, -0.15) is 0 Å². The molecule has 1 aliphatic rings. The first-order valence-corrected chi connectivity index (χ1v) is 14.3. The summed E-state index contributed by atoms with van der Waals surface area (Å²) in [6.07, 6.45) is 1.91. The van der Waals surface area contributed by atoms with Crippen LogP contribution in [0.4, 0.5) is 0 Å². The monoisotopic (exact) mass is 579 g/mol. The van der Waals surface area contributed by atoms with Gasteiger partial charge in [0.15, 0.2) is 4.80 Å². The smallest absolute Gasteiger partial charge is 0.338 e. The molecule has 0 spiro atoms. The maximum Gasteiger partial charge on any atom is 0.338 e. The van der Waals surface area contributed by atoms with E-state index in [1.54, 1.807) is 44.8 Å². The largest absolute Gasteiger partial charge is 0.497 e. The minimum atomic E-state index is -0.806. The fraction of sp³-hybridized carbons (Fsp3) is 0.182. The van der Waals surface area contributed by atoms with Crippen LogP contribution in [0.5, 0.6) is 11.5 Å². The van der Waals surface area contributed by atoms with Gasteiger partial charge in [0.05, 0.1) is 42.3 Å². The maximum absolute atomic E-state index is 14.3. The highest BCUT2D eigenvalue weighted by Crippen LogP contribution is 2.38. The van der Waals surface area contributed by atoms with Crippen LogP contribution in [0.15, 0.2) is 93.9 Å². The van der Waals surface area contributed by atoms with Crippen LogP contribution in [0.25, 0.3) is 28.2 Å². The molecule has 42 heavy (non-hydrogen) atoms. The Bertz CT molecular complexity index is 2040. The summed E-state index contributed by atoms with van der Waals surface area (Å²) in [4.78, 5) is 36.3. The van der Waals surface area contributed by atoms with E-state index in [-0.39, 0.29) is 17.7 Å². The molecular weight excluding hydrogens is 550 g/mol. The van der Waals surface area contributed by atoms with Crippen molar-refractivity contribution in [2.75, 3.05) is 20.8 Å². The average Bonchev–Trinajstić information content (AvgIpc) is 3.53. The van der Waals surface area contributed by atoms with E-state index in [1.807, 2.05) is 66.7 Å². The lowest BCUT2D eigenvalue weighted by Gasteiger charge is -2.26. The van der Waals surface area contributed by atoms with Crippen molar-refractivity contribution in [1.29, 1.82) is 0 Å². The highest BCUT2D eigenvalue weighted by Gasteiger charge is 2.35. The van der Waals surface area contributed by atoms with Gasteiger partial charge in [-0.05, 0) is 43.7 Å². The molecule has 0 saturated heterocycles. The molecule has 212 valence electrons. The van der Waals surface area contributed by atoms with Crippen LogP contribution < -0.4 is 24.4 Å². The molecule has 5 aromatic rings. The van der Waals surface area contributed by atoms with Gasteiger partial charge in [0.2, 0.25) is 0 Å². The van der Waals surface area contributed by atoms with Gasteiger partial charge in [0.1, 0.15) is 17.5 Å². The van der Waals surface area contributed by atoms with E-state index in [0.29, 0.717) is 32.1 Å². The Hall–Kier alpha value is -4.89. The second-order valence-corrected chi connectivity index (χ2v) is 10.7. The van der Waals surface area contributed by atoms with Crippen molar-refractivity contribution >= 4 is 34.3 Å². The van der Waals surface area contributed by atoms with E-state index in [1.165, 1.54) is 11.3 Å². The quantitative estimate of drug-likeness (QED) is 0.275. The van der Waals surface area contributed by atoms with Crippen molar-refractivity contribution in [3.63, 3.8) is 0 Å². The van der Waals surface area contributed by atoms with E-state index < -0.39 is 12.0 Å². The fourth-order valence-corrected chi connectivity index (χ4v) is 6.44. The van der Waals surface area contributed by atoms with Crippen molar-refractivity contribution in [2.45, 2.75) is 19.9 Å². The van der Waals surface area contributed by atoms with Gasteiger partial charge in [-0.25, -0.2) is 9.79 Å². The summed E-state index contributed by atoms with van der Waals surface area (Å²) in [6.45, 7) is 3.70. The van der Waals surface area contributed by atoms with Crippen LogP contribution >= 0.6 is 11.3 Å². The number of thiazole rings is 1. The number of methoxy groups -OCH3 is 2. The summed E-state index contributed by atoms with van der Waals surface area (Å²) in [5, 5.41) is 0.999. The lowest BCUT2D eigenvalue weighted by molar-refractivity contribution is -0.139. The van der Waals surface area contributed by atoms with Gasteiger partial charge >= 0.3 is 5.97 Å². The van der Waals surface area contributed by atoms with E-state index in [4.69, 9.17) is 19.2 Å². The van der Waals surface area contributed by atoms with Gasteiger partial charge in [0, 0.05) is 28.1 Å². The lowest BCUT2D eigenvalue weighted by Crippen LogP contribution is -2.40. The first-order chi connectivity index (χ1) is 20.4. The lowest BCUT2D eigenvalue weighted by atomic mass is 9.95. The third-order valence-electron chi connectivity index (χ3n) is 7.34. The van der Waals surface area contributed by atoms with E-state index in [2.05, 4.69) is 4.98 Å². The number of esters is 1. The highest BCUT2D eigenvalue weighted by molar-refractivity contribution is 7.07. The third-order valence-corrected chi connectivity index (χ3v) is 8.32. The van der Waals surface area contributed by atoms with Crippen LogP contribution in [0.1, 0.15) is 31.0 Å². The summed E-state index contributed by atoms with van der Waals surface area (Å²) in [5.41, 5.74) is 4.94. The van der Waals surface area contributed by atoms with Crippen molar-refractivity contribution in [1.82, 2.24) is 9.55 Å². The first-order valence-electron chi connectivity index (χ1n) is 13.5. The SMILES string of the molecule is CCOC(=O)C1=C(C)N=c2s/c(=C/c3c(-c4ccccc4)[nH]c4ccccc34)c(=O)n2[C@H]1c1ccc(OC)cc1OC. The molecule has 0 radical (unpaired) electrons. The number of ether oxygens (including phenoxy) is 3. The Morgan fingerprint density at radius 1 is 1.05 bits per heavy atom. The van der Waals surface area contributed by atoms with Crippen molar-refractivity contribution in [3.8, 4) is 22.8 Å². The molecule has 0 bridgehead atoms. The van der Waals surface area contributed by atoms with Crippen molar-refractivity contribution < 1.29 is 19.0 Å². The topological polar surface area (TPSA) is 94.9 Å². The molecular formula is C33H29N3O5S. The minimum Gasteiger partial charge on any atom is -0.497 e. The Morgan fingerprint density at radius 3 is 2.55 bits per heavy atom. The molecule has 9 heteroatoms. The number of carbonyl (C=O) groups is 1. The number of carbonyl (C=O) groups excluding carboxylic acids is 1. The summed E-state index contributed by atoms with van der Waals surface area (Å²) < 4.78 is 18.6. The third kappa shape index (κ3) is 4.61. The summed E-state index contributed by atoms with van der Waals surface area (Å²) in [6, 6.07) is 22.6. The number of rotatable bonds is 7. The molecule has 0 amide bonds. The summed E-state index contributed by atoms with van der Waals surface area (Å²) >= 11 is 1.29. The van der Waals surface area contributed by atoms with Gasteiger partial charge in [-0.15, -0.1) is 0 Å². The van der Waals surface area contributed by atoms with Crippen LogP contribution in [0.2, 0.25) is 0 Å². The molecule has 0 aliphatic carbocycles. The van der Waals surface area contributed by atoms with Gasteiger partial charge < -0.3 is 19.2 Å². The zero-order chi connectivity index (χ0) is 29.4. The summed E-state index contributed by atoms with van der Waals surface area (Å²) in [7, 11) is 3.12. The maximum atomic E-state index is 14.3. The number of aromatic amines is 1. The highest BCUT2D eigenvalue weighted by atomic mass is 32.1. The van der Waals surface area contributed by atoms with Gasteiger partial charge in [-0.3, -0.25) is 9.36 Å². The molecule has 0 fully saturated rings. The standard InChI is InChI=1S/C33H29N3O5S/c1-5-41-32(38)28-19(2)34-33-36(30(28)23-16-15-21(39-3)17-26(23)40-4)31(37)27(42-33)18-24-22-13-9-10-14-25(22)35-29(24)20-11-7-6-8-12-20/h6-18,30,35H,5H2,1-4H3/b27-18+/t30-/m0/s1. The van der Waals surface area contributed by atoms with Crippen LogP contribution in [-0.2, 0) is 9.53 Å². The minimum absolute atomic E-state index is 0.190. The predicted octanol–water partition coefficient (Wildman–Crippen LogP) is 4.96. The van der Waals surface area contributed by atoms with Gasteiger partial charge in [-0.1, -0.05) is 59.9 Å². The molecule has 3 aromatic carbocycles. The van der Waals surface area contributed by atoms with E-state index >= 15 is 0 Å². The number of hydrogen-bond donors (Lipinski definition) is 1. The Kier molecular flexibility index (Phi) is 7.26. The average molecular weight is 580 g/mol. The number of H-pyrrole nitrogens is 1. The number of nitrogens with zero attached hydrogens (tertiary/aromatic N) is 2. The van der Waals surface area contributed by atoms with Crippen LogP contribution in [0, 0.1) is 0 Å². The number of para-hydroxylation sites is 1. The first kappa shape index (κ1) is 27.3. The molecule has 0 unspecified atom stereocenters. The van der Waals surface area contributed by atoms with Crippen molar-refractivity contribution in [2.24, 2.45) is 4.99 Å². The number of allylic oxidation sites excluding steroid dienone is 1.